The molecule has 0 amide bonds. The zero-order valence-electron chi connectivity index (χ0n) is 39.7. The number of aryl methyl sites for hydroxylation is 4. The van der Waals surface area contributed by atoms with Crippen LogP contribution in [0.15, 0.2) is 60.9 Å². The van der Waals surface area contributed by atoms with E-state index in [9.17, 15) is 52.7 Å². The molecule has 0 aliphatic heterocycles. The van der Waals surface area contributed by atoms with E-state index in [-0.39, 0.29) is 54.2 Å². The van der Waals surface area contributed by atoms with E-state index in [0.29, 0.717) is 75.5 Å². The van der Waals surface area contributed by atoms with Crippen LogP contribution in [-0.2, 0) is 79.1 Å². The highest BCUT2D eigenvalue weighted by molar-refractivity contribution is 5.79. The van der Waals surface area contributed by atoms with Crippen molar-refractivity contribution in [2.24, 2.45) is 34.1 Å². The summed E-state index contributed by atoms with van der Waals surface area (Å²) in [5.74, 6) is 0.121. The van der Waals surface area contributed by atoms with Crippen molar-refractivity contribution in [1.82, 2.24) is 69.9 Å². The van der Waals surface area contributed by atoms with E-state index in [1.807, 2.05) is 11.8 Å². The molecule has 1 unspecified atom stereocenters. The topological polar surface area (TPSA) is 158 Å². The maximum absolute atomic E-state index is 14.1. The maximum atomic E-state index is 14.1. The molecular weight excluding hydrogens is 1010 g/mol. The zero-order valence-corrected chi connectivity index (χ0v) is 39.7. The van der Waals surface area contributed by atoms with Gasteiger partial charge in [0.15, 0.2) is 11.3 Å². The summed E-state index contributed by atoms with van der Waals surface area (Å²) in [5.41, 5.74) is -4.79. The Balaban J connectivity index is 1.18. The Morgan fingerprint density at radius 1 is 0.554 bits per heavy atom. The Morgan fingerprint density at radius 2 is 0.973 bits per heavy atom. The van der Waals surface area contributed by atoms with Crippen LogP contribution < -0.4 is 14.7 Å². The van der Waals surface area contributed by atoms with E-state index < -0.39 is 66.1 Å². The van der Waals surface area contributed by atoms with E-state index >= 15 is 0 Å². The number of hydrogen-bond acceptors (Lipinski definition) is 13. The van der Waals surface area contributed by atoms with Gasteiger partial charge in [0, 0.05) is 63.2 Å². The molecule has 17 nitrogen and oxygen atoms in total. The van der Waals surface area contributed by atoms with Crippen LogP contribution >= 0.6 is 0 Å². The second-order valence-electron chi connectivity index (χ2n) is 18.2. The summed E-state index contributed by atoms with van der Waals surface area (Å²) in [6.45, 7) is 0.529. The van der Waals surface area contributed by atoms with Gasteiger partial charge in [-0.3, -0.25) is 9.36 Å². The highest BCUT2D eigenvalue weighted by atomic mass is 19.4. The van der Waals surface area contributed by atoms with E-state index in [1.54, 1.807) is 26.2 Å². The van der Waals surface area contributed by atoms with Crippen LogP contribution in [0.25, 0.3) is 22.1 Å². The van der Waals surface area contributed by atoms with Crippen LogP contribution in [0.5, 0.6) is 0 Å². The van der Waals surface area contributed by atoms with Gasteiger partial charge in [0.25, 0.3) is 11.9 Å². The second kappa shape index (κ2) is 19.0. The molecule has 0 radical (unpaired) electrons. The van der Waals surface area contributed by atoms with E-state index in [1.165, 1.54) is 45.7 Å². The Kier molecular flexibility index (Phi) is 13.2. The third kappa shape index (κ3) is 10.9. The SMILES string of the molecule is CC(c1nc2c(cnn2C)cc1CN(Cc1cc(C(F)(F)F)cc(C(F)(F)F)c1)c1nnn(C)n1)N(CC1CCC1)c1nc2c(cnn2C)cc1CN(Cc1cc(C(F)(F)F)cc(C(F)(F)F)c1)c1nnn(C)n1. The predicted molar refractivity (Wildman–Crippen MR) is 240 cm³/mol. The van der Waals surface area contributed by atoms with Gasteiger partial charge < -0.3 is 14.7 Å². The molecule has 2 aromatic carbocycles. The Morgan fingerprint density at radius 3 is 1.36 bits per heavy atom. The highest BCUT2D eigenvalue weighted by Gasteiger charge is 2.39. The van der Waals surface area contributed by atoms with E-state index in [0.717, 1.165) is 28.9 Å². The summed E-state index contributed by atoms with van der Waals surface area (Å²) in [7, 11) is 6.18. The lowest BCUT2D eigenvalue weighted by atomic mass is 9.84. The number of fused-ring (bicyclic) bond motifs is 2. The Labute approximate surface area is 411 Å². The number of aromatic nitrogens is 14. The summed E-state index contributed by atoms with van der Waals surface area (Å²) in [5, 5.41) is 34.3. The lowest BCUT2D eigenvalue weighted by Crippen LogP contribution is -2.38. The van der Waals surface area contributed by atoms with Crippen LogP contribution in [0, 0.1) is 5.92 Å². The molecular formula is C45H43F12N17. The van der Waals surface area contributed by atoms with Crippen LogP contribution in [-0.4, -0.2) is 76.5 Å². The molecule has 74 heavy (non-hydrogen) atoms. The van der Waals surface area contributed by atoms with Gasteiger partial charge in [0.1, 0.15) is 5.82 Å². The summed E-state index contributed by atoms with van der Waals surface area (Å²) >= 11 is 0. The fourth-order valence-corrected chi connectivity index (χ4v) is 8.90. The predicted octanol–water partition coefficient (Wildman–Crippen LogP) is 9.15. The quantitative estimate of drug-likeness (QED) is 0.0896. The molecule has 1 saturated carbocycles. The fraction of sp³-hybridized carbons (Fsp3) is 0.422. The molecule has 8 aromatic rings. The maximum Gasteiger partial charge on any atom is 0.416 e. The first-order valence-corrected chi connectivity index (χ1v) is 22.6. The van der Waals surface area contributed by atoms with Crippen LogP contribution in [0.4, 0.5) is 70.4 Å². The van der Waals surface area contributed by atoms with Crippen molar-refractivity contribution >= 4 is 39.8 Å². The third-order valence-corrected chi connectivity index (χ3v) is 12.7. The van der Waals surface area contributed by atoms with Gasteiger partial charge in [-0.25, -0.2) is 9.97 Å². The minimum Gasteiger partial charge on any atom is -0.348 e. The second-order valence-corrected chi connectivity index (χ2v) is 18.2. The van der Waals surface area contributed by atoms with E-state index in [4.69, 9.17) is 9.97 Å². The van der Waals surface area contributed by atoms with Crippen molar-refractivity contribution in [2.75, 3.05) is 21.2 Å². The highest BCUT2D eigenvalue weighted by Crippen LogP contribution is 2.41. The summed E-state index contributed by atoms with van der Waals surface area (Å²) in [4.78, 5) is 17.1. The van der Waals surface area contributed by atoms with Gasteiger partial charge in [0.05, 0.1) is 60.5 Å². The average molecular weight is 1050 g/mol. The number of rotatable bonds is 15. The van der Waals surface area contributed by atoms with Gasteiger partial charge in [0.2, 0.25) is 0 Å². The van der Waals surface area contributed by atoms with Crippen molar-refractivity contribution in [3.8, 4) is 0 Å². The Bertz CT molecular complexity index is 3260. The number of benzene rings is 2. The van der Waals surface area contributed by atoms with Crippen LogP contribution in [0.1, 0.15) is 82.4 Å². The van der Waals surface area contributed by atoms with Gasteiger partial charge >= 0.3 is 24.7 Å². The van der Waals surface area contributed by atoms with Crippen molar-refractivity contribution < 1.29 is 52.7 Å². The van der Waals surface area contributed by atoms with Gasteiger partial charge in [-0.05, 0) is 101 Å². The molecule has 6 heterocycles. The number of alkyl halides is 12. The lowest BCUT2D eigenvalue weighted by Gasteiger charge is -2.38. The standard InChI is InChI=1S/C45H43F12N17/c1-24(36-30(13-28-17-58-68(2)37(28)60-36)22-72(40-62-66-70(4)64-40)19-26-9-32(42(46,47)48)15-33(10-26)43(49,50)51)74(21-25-7-6-8-25)39-31(14-29-18-59-69(3)38(29)61-39)23-73(41-63-67-71(5)65-41)20-27-11-34(44(52,53)54)16-35(12-27)45(55,56)57/h9-18,24-25H,6-8,19-23H2,1-5H3. The largest absolute Gasteiger partial charge is 0.416 e. The first-order chi connectivity index (χ1) is 34.7. The lowest BCUT2D eigenvalue weighted by molar-refractivity contribution is -0.144. The summed E-state index contributed by atoms with van der Waals surface area (Å²) in [6.07, 6.45) is -14.9. The molecule has 29 heteroatoms. The Hall–Kier alpha value is -7.62. The molecule has 1 aliphatic rings. The van der Waals surface area contributed by atoms with Crippen molar-refractivity contribution in [3.63, 3.8) is 0 Å². The molecule has 1 fully saturated rings. The smallest absolute Gasteiger partial charge is 0.348 e. The number of hydrogen-bond donors (Lipinski definition) is 0. The molecule has 1 atom stereocenters. The number of pyridine rings is 2. The molecule has 0 bridgehead atoms. The monoisotopic (exact) mass is 1050 g/mol. The first-order valence-electron chi connectivity index (χ1n) is 22.6. The van der Waals surface area contributed by atoms with Crippen molar-refractivity contribution in [1.29, 1.82) is 0 Å². The van der Waals surface area contributed by atoms with Crippen molar-refractivity contribution in [3.05, 3.63) is 111 Å². The summed E-state index contributed by atoms with van der Waals surface area (Å²) < 4.78 is 173. The third-order valence-electron chi connectivity index (χ3n) is 12.7. The number of halogens is 12. The molecule has 0 spiro atoms. The first kappa shape index (κ1) is 51.3. The molecule has 9 rings (SSSR count). The van der Waals surface area contributed by atoms with Crippen LogP contribution in [0.3, 0.4) is 0 Å². The normalized spacial score (nSPS) is 14.3. The van der Waals surface area contributed by atoms with Gasteiger partial charge in [-0.15, -0.1) is 10.2 Å². The molecule has 0 saturated heterocycles. The van der Waals surface area contributed by atoms with E-state index in [2.05, 4.69) is 41.0 Å². The molecule has 392 valence electrons. The van der Waals surface area contributed by atoms with Crippen LogP contribution in [0.2, 0.25) is 0 Å². The number of tetrazole rings is 2. The molecule has 0 N–H and O–H groups in total. The zero-order chi connectivity index (χ0) is 53.2. The van der Waals surface area contributed by atoms with Gasteiger partial charge in [-0.1, -0.05) is 16.6 Å². The molecule has 6 aromatic heterocycles. The fourth-order valence-electron chi connectivity index (χ4n) is 8.90. The van der Waals surface area contributed by atoms with Crippen molar-refractivity contribution in [2.45, 2.75) is 83.1 Å². The number of anilines is 3. The van der Waals surface area contributed by atoms with Gasteiger partial charge in [-0.2, -0.15) is 72.5 Å². The minimum absolute atomic E-state index is 0.0360. The number of nitrogens with zero attached hydrogens (tertiary/aromatic N) is 17. The summed E-state index contributed by atoms with van der Waals surface area (Å²) in [6, 6.07) is 5.25. The minimum atomic E-state index is -5.13. The molecule has 1 aliphatic carbocycles. The average Bonchev–Trinajstić information content (AvgIpc) is 4.11.